The summed E-state index contributed by atoms with van der Waals surface area (Å²) in [5.74, 6) is -0.266. The van der Waals surface area contributed by atoms with Crippen LogP contribution in [0.1, 0.15) is 39.5 Å². The molecule has 0 radical (unpaired) electrons. The lowest BCUT2D eigenvalue weighted by molar-refractivity contribution is -0.122. The van der Waals surface area contributed by atoms with E-state index in [4.69, 9.17) is 5.73 Å². The van der Waals surface area contributed by atoms with Crippen LogP contribution in [0.2, 0.25) is 0 Å². The minimum Gasteiger partial charge on any atom is -0.371 e. The first kappa shape index (κ1) is 13.6. The van der Waals surface area contributed by atoms with Crippen LogP contribution in [0, 0.1) is 0 Å². The molecular formula is C14H22N2O. The second-order valence-corrected chi connectivity index (χ2v) is 4.39. The maximum absolute atomic E-state index is 11.7. The molecule has 0 heterocycles. The van der Waals surface area contributed by atoms with Crippen LogP contribution >= 0.6 is 0 Å². The van der Waals surface area contributed by atoms with Gasteiger partial charge in [0, 0.05) is 5.69 Å². The number of primary amides is 1. The number of para-hydroxylation sites is 1. The fourth-order valence-corrected chi connectivity index (χ4v) is 1.96. The van der Waals surface area contributed by atoms with Crippen molar-refractivity contribution >= 4 is 11.6 Å². The van der Waals surface area contributed by atoms with E-state index in [1.807, 2.05) is 37.3 Å². The number of carbonyl (C=O) groups excluding carboxylic acids is 1. The lowest BCUT2D eigenvalue weighted by Crippen LogP contribution is -2.50. The standard InChI is InChI=1S/C14H22N2O/c1-3-5-11-14(4-2,13(15)17)16-12-9-7-6-8-10-12/h6-10,16H,3-5,11H2,1-2H3,(H2,15,17). The van der Waals surface area contributed by atoms with Crippen molar-refractivity contribution in [3.8, 4) is 0 Å². The van der Waals surface area contributed by atoms with Gasteiger partial charge in [0.05, 0.1) is 0 Å². The van der Waals surface area contributed by atoms with Crippen molar-refractivity contribution in [1.82, 2.24) is 0 Å². The van der Waals surface area contributed by atoms with E-state index in [1.54, 1.807) is 0 Å². The SMILES string of the molecule is CCCCC(CC)(Nc1ccccc1)C(N)=O. The highest BCUT2D eigenvalue weighted by Crippen LogP contribution is 2.24. The van der Waals surface area contributed by atoms with Crippen molar-refractivity contribution in [1.29, 1.82) is 0 Å². The highest BCUT2D eigenvalue weighted by molar-refractivity contribution is 5.87. The molecule has 0 aliphatic heterocycles. The lowest BCUT2D eigenvalue weighted by Gasteiger charge is -2.31. The van der Waals surface area contributed by atoms with Gasteiger partial charge in [0.15, 0.2) is 0 Å². The minimum atomic E-state index is -0.614. The first-order valence-electron chi connectivity index (χ1n) is 6.27. The average molecular weight is 234 g/mol. The van der Waals surface area contributed by atoms with Gasteiger partial charge in [-0.05, 0) is 25.0 Å². The van der Waals surface area contributed by atoms with Gasteiger partial charge in [-0.2, -0.15) is 0 Å². The Morgan fingerprint density at radius 2 is 1.94 bits per heavy atom. The van der Waals surface area contributed by atoms with Gasteiger partial charge in [0.2, 0.25) is 5.91 Å². The molecule has 17 heavy (non-hydrogen) atoms. The number of benzene rings is 1. The Labute approximate surface area is 103 Å². The lowest BCUT2D eigenvalue weighted by atomic mass is 9.88. The molecule has 0 spiro atoms. The topological polar surface area (TPSA) is 55.1 Å². The summed E-state index contributed by atoms with van der Waals surface area (Å²) in [5, 5.41) is 3.30. The normalized spacial score (nSPS) is 14.0. The summed E-state index contributed by atoms with van der Waals surface area (Å²) < 4.78 is 0. The molecule has 1 unspecified atom stereocenters. The van der Waals surface area contributed by atoms with Crippen LogP contribution < -0.4 is 11.1 Å². The van der Waals surface area contributed by atoms with Crippen molar-refractivity contribution < 1.29 is 4.79 Å². The fraction of sp³-hybridized carbons (Fsp3) is 0.500. The zero-order valence-corrected chi connectivity index (χ0v) is 10.7. The van der Waals surface area contributed by atoms with Crippen molar-refractivity contribution in [2.45, 2.75) is 45.1 Å². The number of nitrogens with one attached hydrogen (secondary N) is 1. The molecule has 1 rings (SSSR count). The van der Waals surface area contributed by atoms with Gasteiger partial charge in [-0.1, -0.05) is 44.9 Å². The summed E-state index contributed by atoms with van der Waals surface area (Å²) in [6.07, 6.45) is 3.55. The van der Waals surface area contributed by atoms with Crippen molar-refractivity contribution in [3.63, 3.8) is 0 Å². The predicted octanol–water partition coefficient (Wildman–Crippen LogP) is 2.92. The van der Waals surface area contributed by atoms with Gasteiger partial charge in [0.1, 0.15) is 5.54 Å². The van der Waals surface area contributed by atoms with E-state index in [0.29, 0.717) is 6.42 Å². The maximum Gasteiger partial charge on any atom is 0.243 e. The second-order valence-electron chi connectivity index (χ2n) is 4.39. The van der Waals surface area contributed by atoms with E-state index in [2.05, 4.69) is 12.2 Å². The third-order valence-electron chi connectivity index (χ3n) is 3.19. The number of hydrogen-bond donors (Lipinski definition) is 2. The summed E-state index contributed by atoms with van der Waals surface area (Å²) >= 11 is 0. The van der Waals surface area contributed by atoms with Gasteiger partial charge in [-0.3, -0.25) is 4.79 Å². The first-order chi connectivity index (χ1) is 8.14. The minimum absolute atomic E-state index is 0.266. The molecule has 0 aliphatic rings. The van der Waals surface area contributed by atoms with Crippen LogP contribution in [0.4, 0.5) is 5.69 Å². The summed E-state index contributed by atoms with van der Waals surface area (Å²) in [4.78, 5) is 11.7. The molecule has 1 aromatic rings. The van der Waals surface area contributed by atoms with E-state index in [0.717, 1.165) is 24.9 Å². The molecule has 3 nitrogen and oxygen atoms in total. The Kier molecular flexibility index (Phi) is 5.01. The molecule has 3 N–H and O–H groups in total. The number of hydrogen-bond acceptors (Lipinski definition) is 2. The zero-order valence-electron chi connectivity index (χ0n) is 10.7. The average Bonchev–Trinajstić information content (AvgIpc) is 2.35. The van der Waals surface area contributed by atoms with Crippen LogP contribution in [-0.2, 0) is 4.79 Å². The van der Waals surface area contributed by atoms with E-state index < -0.39 is 5.54 Å². The van der Waals surface area contributed by atoms with Gasteiger partial charge < -0.3 is 11.1 Å². The Hall–Kier alpha value is -1.51. The molecule has 1 atom stereocenters. The van der Waals surface area contributed by atoms with Crippen molar-refractivity contribution in [2.24, 2.45) is 5.73 Å². The highest BCUT2D eigenvalue weighted by Gasteiger charge is 2.33. The Balaban J connectivity index is 2.86. The van der Waals surface area contributed by atoms with Crippen LogP contribution in [0.3, 0.4) is 0 Å². The summed E-state index contributed by atoms with van der Waals surface area (Å²) in [6, 6.07) is 9.76. The number of nitrogens with two attached hydrogens (primary N) is 1. The predicted molar refractivity (Wildman–Crippen MR) is 71.8 cm³/mol. The smallest absolute Gasteiger partial charge is 0.243 e. The second kappa shape index (κ2) is 6.28. The Morgan fingerprint density at radius 1 is 1.29 bits per heavy atom. The zero-order chi connectivity index (χ0) is 12.7. The summed E-state index contributed by atoms with van der Waals surface area (Å²) in [6.45, 7) is 4.11. The van der Waals surface area contributed by atoms with Gasteiger partial charge in [-0.15, -0.1) is 0 Å². The molecule has 1 amide bonds. The molecule has 0 saturated carbocycles. The van der Waals surface area contributed by atoms with Gasteiger partial charge in [0.25, 0.3) is 0 Å². The van der Waals surface area contributed by atoms with Crippen molar-refractivity contribution in [2.75, 3.05) is 5.32 Å². The summed E-state index contributed by atoms with van der Waals surface area (Å²) in [7, 11) is 0. The highest BCUT2D eigenvalue weighted by atomic mass is 16.1. The number of amides is 1. The number of unbranched alkanes of at least 4 members (excludes halogenated alkanes) is 1. The van der Waals surface area contributed by atoms with Crippen LogP contribution in [0.5, 0.6) is 0 Å². The van der Waals surface area contributed by atoms with Gasteiger partial charge >= 0.3 is 0 Å². The third-order valence-corrected chi connectivity index (χ3v) is 3.19. The van der Waals surface area contributed by atoms with E-state index in [-0.39, 0.29) is 5.91 Å². The van der Waals surface area contributed by atoms with E-state index in [1.165, 1.54) is 0 Å². The monoisotopic (exact) mass is 234 g/mol. The molecule has 94 valence electrons. The van der Waals surface area contributed by atoms with E-state index in [9.17, 15) is 4.79 Å². The molecule has 0 aliphatic carbocycles. The van der Waals surface area contributed by atoms with Crippen LogP contribution in [-0.4, -0.2) is 11.4 Å². The molecule has 0 fully saturated rings. The molecule has 1 aromatic carbocycles. The summed E-state index contributed by atoms with van der Waals surface area (Å²) in [5.41, 5.74) is 5.90. The fourth-order valence-electron chi connectivity index (χ4n) is 1.96. The number of anilines is 1. The Morgan fingerprint density at radius 3 is 2.41 bits per heavy atom. The third kappa shape index (κ3) is 3.48. The molecule has 0 bridgehead atoms. The quantitative estimate of drug-likeness (QED) is 0.762. The van der Waals surface area contributed by atoms with Gasteiger partial charge in [-0.25, -0.2) is 0 Å². The molecule has 0 saturated heterocycles. The number of carbonyl (C=O) groups is 1. The largest absolute Gasteiger partial charge is 0.371 e. The maximum atomic E-state index is 11.7. The van der Waals surface area contributed by atoms with E-state index >= 15 is 0 Å². The molecular weight excluding hydrogens is 212 g/mol. The van der Waals surface area contributed by atoms with Crippen LogP contribution in [0.15, 0.2) is 30.3 Å². The van der Waals surface area contributed by atoms with Crippen molar-refractivity contribution in [3.05, 3.63) is 30.3 Å². The first-order valence-corrected chi connectivity index (χ1v) is 6.27. The number of rotatable bonds is 7. The Bertz CT molecular complexity index is 350. The molecule has 0 aromatic heterocycles. The van der Waals surface area contributed by atoms with Crippen LogP contribution in [0.25, 0.3) is 0 Å². The molecule has 3 heteroatoms.